The minimum atomic E-state index is -0.384. The molecule has 2 aromatic carbocycles. The van der Waals surface area contributed by atoms with E-state index in [0.29, 0.717) is 29.4 Å². The Balaban J connectivity index is 1.68. The lowest BCUT2D eigenvalue weighted by Gasteiger charge is -2.22. The van der Waals surface area contributed by atoms with E-state index in [9.17, 15) is 19.2 Å². The van der Waals surface area contributed by atoms with Crippen LogP contribution in [0.1, 0.15) is 25.3 Å². The number of fused-ring (bicyclic) bond motifs is 1. The molecule has 1 aromatic heterocycles. The number of aromatic amines is 1. The number of benzene rings is 2. The Morgan fingerprint density at radius 1 is 1.03 bits per heavy atom. The summed E-state index contributed by atoms with van der Waals surface area (Å²) < 4.78 is 1.15. The van der Waals surface area contributed by atoms with Gasteiger partial charge < -0.3 is 10.2 Å². The number of nitrogens with zero attached hydrogens (tertiary/aromatic N) is 2. The maximum Gasteiger partial charge on any atom is 0.273 e. The first-order valence-electron chi connectivity index (χ1n) is 10.3. The van der Waals surface area contributed by atoms with Gasteiger partial charge in [0.25, 0.3) is 11.1 Å². The number of carbonyl (C=O) groups excluding carboxylic acids is 2. The summed E-state index contributed by atoms with van der Waals surface area (Å²) in [5.74, 6) is -0.546. The van der Waals surface area contributed by atoms with E-state index in [1.54, 1.807) is 24.3 Å². The van der Waals surface area contributed by atoms with Crippen LogP contribution in [0.2, 0.25) is 0 Å². The molecule has 8 heteroatoms. The zero-order valence-corrected chi connectivity index (χ0v) is 17.7. The SMILES string of the molecule is CCCN(CC(=O)Nc1ccccc1C)C(=O)CCn1[nH]c(=O)c2ccccc2c1=O. The summed E-state index contributed by atoms with van der Waals surface area (Å²) in [4.78, 5) is 51.5. The summed E-state index contributed by atoms with van der Waals surface area (Å²) in [6.45, 7) is 4.18. The molecule has 0 bridgehead atoms. The van der Waals surface area contributed by atoms with Gasteiger partial charge in [-0.05, 0) is 37.1 Å². The number of H-pyrrole nitrogens is 1. The van der Waals surface area contributed by atoms with Gasteiger partial charge in [0, 0.05) is 18.7 Å². The number of carbonyl (C=O) groups is 2. The van der Waals surface area contributed by atoms with Crippen molar-refractivity contribution in [3.63, 3.8) is 0 Å². The first-order chi connectivity index (χ1) is 14.9. The summed E-state index contributed by atoms with van der Waals surface area (Å²) >= 11 is 0. The third-order valence-electron chi connectivity index (χ3n) is 5.03. The lowest BCUT2D eigenvalue weighted by atomic mass is 10.2. The molecule has 162 valence electrons. The second-order valence-corrected chi connectivity index (χ2v) is 7.37. The first kappa shape index (κ1) is 22.0. The fraction of sp³-hybridized carbons (Fsp3) is 0.304. The Labute approximate surface area is 179 Å². The molecule has 2 amide bonds. The van der Waals surface area contributed by atoms with Gasteiger partial charge in [-0.1, -0.05) is 37.3 Å². The Morgan fingerprint density at radius 2 is 1.71 bits per heavy atom. The van der Waals surface area contributed by atoms with Gasteiger partial charge in [-0.2, -0.15) is 0 Å². The summed E-state index contributed by atoms with van der Waals surface area (Å²) in [6, 6.07) is 14.0. The quantitative estimate of drug-likeness (QED) is 0.581. The minimum Gasteiger partial charge on any atom is -0.333 e. The third-order valence-corrected chi connectivity index (χ3v) is 5.03. The van der Waals surface area contributed by atoms with E-state index in [0.717, 1.165) is 10.2 Å². The molecule has 0 radical (unpaired) electrons. The largest absolute Gasteiger partial charge is 0.333 e. The van der Waals surface area contributed by atoms with Crippen molar-refractivity contribution >= 4 is 28.3 Å². The number of aromatic nitrogens is 2. The van der Waals surface area contributed by atoms with Crippen molar-refractivity contribution in [2.45, 2.75) is 33.2 Å². The molecule has 0 unspecified atom stereocenters. The molecule has 0 fully saturated rings. The zero-order chi connectivity index (χ0) is 22.4. The molecule has 0 saturated carbocycles. The smallest absolute Gasteiger partial charge is 0.273 e. The minimum absolute atomic E-state index is 0.00810. The van der Waals surface area contributed by atoms with Gasteiger partial charge in [0.1, 0.15) is 0 Å². The van der Waals surface area contributed by atoms with E-state index in [-0.39, 0.29) is 42.4 Å². The van der Waals surface area contributed by atoms with Gasteiger partial charge in [-0.25, -0.2) is 4.68 Å². The number of amides is 2. The molecule has 0 aliphatic heterocycles. The Bertz CT molecular complexity index is 1210. The van der Waals surface area contributed by atoms with Gasteiger partial charge in [-0.15, -0.1) is 0 Å². The van der Waals surface area contributed by atoms with Gasteiger partial charge in [0.05, 0.1) is 23.9 Å². The number of nitrogens with one attached hydrogen (secondary N) is 2. The second kappa shape index (κ2) is 9.88. The molecular weight excluding hydrogens is 396 g/mol. The summed E-state index contributed by atoms with van der Waals surface area (Å²) in [5.41, 5.74) is 0.897. The van der Waals surface area contributed by atoms with Crippen molar-refractivity contribution in [3.8, 4) is 0 Å². The highest BCUT2D eigenvalue weighted by Crippen LogP contribution is 2.13. The van der Waals surface area contributed by atoms with Crippen LogP contribution in [0.15, 0.2) is 58.1 Å². The lowest BCUT2D eigenvalue weighted by molar-refractivity contribution is -0.135. The summed E-state index contributed by atoms with van der Waals surface area (Å²) in [5, 5.41) is 5.97. The average Bonchev–Trinajstić information content (AvgIpc) is 2.76. The molecular formula is C23H26N4O4. The summed E-state index contributed by atoms with van der Waals surface area (Å²) in [6.07, 6.45) is 0.683. The van der Waals surface area contributed by atoms with Crippen molar-refractivity contribution in [3.05, 3.63) is 74.8 Å². The molecule has 0 aliphatic rings. The molecule has 0 atom stereocenters. The van der Waals surface area contributed by atoms with Crippen LogP contribution in [0.4, 0.5) is 5.69 Å². The number of anilines is 1. The van der Waals surface area contributed by atoms with E-state index < -0.39 is 0 Å². The molecule has 31 heavy (non-hydrogen) atoms. The van der Waals surface area contributed by atoms with Crippen LogP contribution in [0.5, 0.6) is 0 Å². The molecule has 2 N–H and O–H groups in total. The number of rotatable bonds is 8. The number of para-hydroxylation sites is 1. The van der Waals surface area contributed by atoms with Crippen molar-refractivity contribution < 1.29 is 9.59 Å². The van der Waals surface area contributed by atoms with Crippen LogP contribution in [0.25, 0.3) is 10.8 Å². The number of hydrogen-bond acceptors (Lipinski definition) is 4. The topological polar surface area (TPSA) is 104 Å². The Hall–Kier alpha value is -3.68. The Kier molecular flexibility index (Phi) is 7.02. The maximum absolute atomic E-state index is 12.8. The molecule has 0 aliphatic carbocycles. The highest BCUT2D eigenvalue weighted by atomic mass is 16.2. The van der Waals surface area contributed by atoms with Gasteiger partial charge in [0.15, 0.2) is 0 Å². The number of hydrogen-bond donors (Lipinski definition) is 2. The van der Waals surface area contributed by atoms with Crippen LogP contribution in [-0.4, -0.2) is 39.6 Å². The predicted molar refractivity (Wildman–Crippen MR) is 120 cm³/mol. The highest BCUT2D eigenvalue weighted by Gasteiger charge is 2.18. The normalized spacial score (nSPS) is 10.8. The van der Waals surface area contributed by atoms with E-state index in [1.165, 1.54) is 4.90 Å². The molecule has 0 spiro atoms. The van der Waals surface area contributed by atoms with Crippen LogP contribution in [0, 0.1) is 6.92 Å². The molecule has 8 nitrogen and oxygen atoms in total. The standard InChI is InChI=1S/C23H26N4O4/c1-3-13-26(15-20(28)24-19-11-7-4-8-16(19)2)21(29)12-14-27-23(31)18-10-6-5-9-17(18)22(30)25-27/h4-11H,3,12-15H2,1-2H3,(H,24,28)(H,25,30). The third kappa shape index (κ3) is 5.28. The number of aryl methyl sites for hydroxylation is 2. The van der Waals surface area contributed by atoms with E-state index in [1.807, 2.05) is 38.1 Å². The van der Waals surface area contributed by atoms with Crippen LogP contribution in [0.3, 0.4) is 0 Å². The van der Waals surface area contributed by atoms with Crippen molar-refractivity contribution in [2.75, 3.05) is 18.4 Å². The van der Waals surface area contributed by atoms with Crippen LogP contribution in [-0.2, 0) is 16.1 Å². The monoisotopic (exact) mass is 422 g/mol. The average molecular weight is 422 g/mol. The van der Waals surface area contributed by atoms with Crippen molar-refractivity contribution in [1.82, 2.24) is 14.7 Å². The molecule has 3 aromatic rings. The first-order valence-corrected chi connectivity index (χ1v) is 10.3. The van der Waals surface area contributed by atoms with E-state index in [2.05, 4.69) is 10.4 Å². The molecule has 3 rings (SSSR count). The highest BCUT2D eigenvalue weighted by molar-refractivity contribution is 5.95. The van der Waals surface area contributed by atoms with Crippen molar-refractivity contribution in [1.29, 1.82) is 0 Å². The van der Waals surface area contributed by atoms with Gasteiger partial charge in [0.2, 0.25) is 11.8 Å². The van der Waals surface area contributed by atoms with Gasteiger partial charge >= 0.3 is 0 Å². The zero-order valence-electron chi connectivity index (χ0n) is 17.7. The van der Waals surface area contributed by atoms with Crippen molar-refractivity contribution in [2.24, 2.45) is 0 Å². The lowest BCUT2D eigenvalue weighted by Crippen LogP contribution is -2.39. The molecule has 0 saturated heterocycles. The molecule has 1 heterocycles. The maximum atomic E-state index is 12.8. The fourth-order valence-corrected chi connectivity index (χ4v) is 3.41. The van der Waals surface area contributed by atoms with E-state index in [4.69, 9.17) is 0 Å². The van der Waals surface area contributed by atoms with Crippen LogP contribution < -0.4 is 16.4 Å². The fourth-order valence-electron chi connectivity index (χ4n) is 3.41. The van der Waals surface area contributed by atoms with Gasteiger partial charge in [-0.3, -0.25) is 24.3 Å². The summed E-state index contributed by atoms with van der Waals surface area (Å²) in [7, 11) is 0. The van der Waals surface area contributed by atoms with E-state index >= 15 is 0 Å². The second-order valence-electron chi connectivity index (χ2n) is 7.37. The van der Waals surface area contributed by atoms with Crippen LogP contribution >= 0.6 is 0 Å². The Morgan fingerprint density at radius 3 is 2.42 bits per heavy atom. The predicted octanol–water partition coefficient (Wildman–Crippen LogP) is 2.27.